The van der Waals surface area contributed by atoms with Gasteiger partial charge in [0.2, 0.25) is 0 Å². The average molecular weight is 288 g/mol. The van der Waals surface area contributed by atoms with Gasteiger partial charge >= 0.3 is 0 Å². The van der Waals surface area contributed by atoms with E-state index < -0.39 is 0 Å². The Kier molecular flexibility index (Phi) is 4.08. The topological polar surface area (TPSA) is 20.2 Å². The van der Waals surface area contributed by atoms with Crippen molar-refractivity contribution < 1.29 is 9.50 Å². The lowest BCUT2D eigenvalue weighted by Gasteiger charge is -2.18. The van der Waals surface area contributed by atoms with Gasteiger partial charge in [-0.15, -0.1) is 11.8 Å². The number of aliphatic hydroxyl groups is 1. The molecular formula is C17H17FOS. The zero-order valence-corrected chi connectivity index (χ0v) is 11.9. The summed E-state index contributed by atoms with van der Waals surface area (Å²) >= 11 is 1.87. The molecule has 0 aliphatic carbocycles. The molecule has 1 aliphatic heterocycles. The van der Waals surface area contributed by atoms with Crippen LogP contribution < -0.4 is 0 Å². The first-order valence-electron chi connectivity index (χ1n) is 6.87. The Morgan fingerprint density at radius 2 is 2.05 bits per heavy atom. The number of aliphatic hydroxyl groups excluding tert-OH is 1. The fraction of sp³-hybridized carbons (Fsp3) is 0.294. The van der Waals surface area contributed by atoms with E-state index in [1.54, 1.807) is 6.07 Å². The third-order valence-electron chi connectivity index (χ3n) is 3.80. The van der Waals surface area contributed by atoms with Crippen molar-refractivity contribution in [1.29, 1.82) is 0 Å². The third-order valence-corrected chi connectivity index (χ3v) is 5.15. The van der Waals surface area contributed by atoms with Crippen molar-refractivity contribution in [2.24, 2.45) is 0 Å². The van der Waals surface area contributed by atoms with Crippen molar-refractivity contribution in [3.05, 3.63) is 65.5 Å². The molecule has 0 spiro atoms. The van der Waals surface area contributed by atoms with Gasteiger partial charge in [0.25, 0.3) is 0 Å². The van der Waals surface area contributed by atoms with Gasteiger partial charge in [0, 0.05) is 22.7 Å². The van der Waals surface area contributed by atoms with Gasteiger partial charge in [0.15, 0.2) is 0 Å². The molecule has 1 aliphatic rings. The summed E-state index contributed by atoms with van der Waals surface area (Å²) in [6.07, 6.45) is 1.91. The van der Waals surface area contributed by atoms with E-state index in [0.717, 1.165) is 18.4 Å². The minimum absolute atomic E-state index is 0.0116. The van der Waals surface area contributed by atoms with Gasteiger partial charge in [0.05, 0.1) is 0 Å². The van der Waals surface area contributed by atoms with Gasteiger partial charge in [-0.05, 0) is 42.2 Å². The summed E-state index contributed by atoms with van der Waals surface area (Å²) in [5.74, 6) is -0.221. The predicted molar refractivity (Wildman–Crippen MR) is 80.6 cm³/mol. The maximum Gasteiger partial charge on any atom is 0.123 e. The third kappa shape index (κ3) is 2.89. The molecule has 2 unspecified atom stereocenters. The Morgan fingerprint density at radius 1 is 1.20 bits per heavy atom. The van der Waals surface area contributed by atoms with E-state index in [0.29, 0.717) is 5.25 Å². The van der Waals surface area contributed by atoms with Crippen LogP contribution in [0.25, 0.3) is 0 Å². The van der Waals surface area contributed by atoms with Gasteiger partial charge in [-0.3, -0.25) is 0 Å². The average Bonchev–Trinajstić information content (AvgIpc) is 2.87. The molecule has 20 heavy (non-hydrogen) atoms. The quantitative estimate of drug-likeness (QED) is 0.917. The summed E-state index contributed by atoms with van der Waals surface area (Å²) in [6.45, 7) is 0.0663. The fourth-order valence-corrected chi connectivity index (χ4v) is 4.19. The van der Waals surface area contributed by atoms with Crippen molar-refractivity contribution in [2.45, 2.75) is 28.9 Å². The van der Waals surface area contributed by atoms with Crippen LogP contribution in [0.5, 0.6) is 0 Å². The first-order chi connectivity index (χ1) is 9.76. The van der Waals surface area contributed by atoms with Crippen LogP contribution in [0.1, 0.15) is 23.5 Å². The van der Waals surface area contributed by atoms with Crippen LogP contribution in [-0.4, -0.2) is 17.0 Å². The molecule has 1 nitrogen and oxygen atoms in total. The maximum absolute atomic E-state index is 13.3. The number of hydrogen-bond acceptors (Lipinski definition) is 2. The number of rotatable bonds is 4. The lowest BCUT2D eigenvalue weighted by molar-refractivity contribution is 0.258. The Bertz CT molecular complexity index is 574. The van der Waals surface area contributed by atoms with E-state index in [1.165, 1.54) is 22.6 Å². The van der Waals surface area contributed by atoms with Crippen LogP contribution in [-0.2, 0) is 6.42 Å². The van der Waals surface area contributed by atoms with Crippen molar-refractivity contribution in [3.8, 4) is 0 Å². The molecule has 3 rings (SSSR count). The summed E-state index contributed by atoms with van der Waals surface area (Å²) in [5, 5.41) is 10.1. The number of halogens is 1. The number of fused-ring (bicyclic) bond motifs is 1. The SMILES string of the molecule is OCC(CC1Cc2ccccc2S1)c1cccc(F)c1. The van der Waals surface area contributed by atoms with Crippen molar-refractivity contribution in [3.63, 3.8) is 0 Å². The fourth-order valence-electron chi connectivity index (χ4n) is 2.78. The number of thioether (sulfide) groups is 1. The van der Waals surface area contributed by atoms with Gasteiger partial charge in [-0.25, -0.2) is 4.39 Å². The lowest BCUT2D eigenvalue weighted by Crippen LogP contribution is -2.12. The largest absolute Gasteiger partial charge is 0.396 e. The van der Waals surface area contributed by atoms with Gasteiger partial charge in [-0.2, -0.15) is 0 Å². The van der Waals surface area contributed by atoms with E-state index in [9.17, 15) is 9.50 Å². The van der Waals surface area contributed by atoms with Gasteiger partial charge in [0.1, 0.15) is 5.82 Å². The highest BCUT2D eigenvalue weighted by Crippen LogP contribution is 2.41. The summed E-state index contributed by atoms with van der Waals surface area (Å²) < 4.78 is 13.3. The molecule has 0 radical (unpaired) electrons. The molecule has 2 aromatic carbocycles. The summed E-state index contributed by atoms with van der Waals surface area (Å²) in [6, 6.07) is 15.0. The normalized spacial score (nSPS) is 18.8. The van der Waals surface area contributed by atoms with Crippen LogP contribution in [0.3, 0.4) is 0 Å². The zero-order chi connectivity index (χ0) is 13.9. The van der Waals surface area contributed by atoms with E-state index >= 15 is 0 Å². The first-order valence-corrected chi connectivity index (χ1v) is 7.75. The minimum Gasteiger partial charge on any atom is -0.396 e. The zero-order valence-electron chi connectivity index (χ0n) is 11.1. The Balaban J connectivity index is 1.71. The second kappa shape index (κ2) is 5.98. The molecule has 0 fully saturated rings. The van der Waals surface area contributed by atoms with Crippen LogP contribution in [0.4, 0.5) is 4.39 Å². The standard InChI is InChI=1S/C17H17FOS/c18-15-6-3-5-12(8-15)14(11-19)10-16-9-13-4-1-2-7-17(13)20-16/h1-8,14,16,19H,9-11H2. The molecule has 104 valence electrons. The summed E-state index contributed by atoms with van der Waals surface area (Å²) in [7, 11) is 0. The molecule has 1 N–H and O–H groups in total. The monoisotopic (exact) mass is 288 g/mol. The second-order valence-electron chi connectivity index (χ2n) is 5.22. The van der Waals surface area contributed by atoms with E-state index in [-0.39, 0.29) is 18.3 Å². The predicted octanol–water partition coefficient (Wildman–Crippen LogP) is 4.01. The molecular weight excluding hydrogens is 271 g/mol. The number of hydrogen-bond donors (Lipinski definition) is 1. The highest BCUT2D eigenvalue weighted by Gasteiger charge is 2.25. The van der Waals surface area contributed by atoms with E-state index in [1.807, 2.05) is 17.8 Å². The van der Waals surface area contributed by atoms with Gasteiger partial charge < -0.3 is 5.11 Å². The van der Waals surface area contributed by atoms with Crippen molar-refractivity contribution >= 4 is 11.8 Å². The maximum atomic E-state index is 13.3. The summed E-state index contributed by atoms with van der Waals surface area (Å²) in [5.41, 5.74) is 2.28. The Hall–Kier alpha value is -1.32. The van der Waals surface area contributed by atoms with Gasteiger partial charge in [-0.1, -0.05) is 30.3 Å². The highest BCUT2D eigenvalue weighted by atomic mass is 32.2. The molecule has 0 saturated heterocycles. The first kappa shape index (κ1) is 13.7. The van der Waals surface area contributed by atoms with Crippen molar-refractivity contribution in [2.75, 3.05) is 6.61 Å². The van der Waals surface area contributed by atoms with Crippen LogP contribution >= 0.6 is 11.8 Å². The minimum atomic E-state index is -0.233. The Labute approximate surface area is 122 Å². The molecule has 2 aromatic rings. The molecule has 0 aromatic heterocycles. The second-order valence-corrected chi connectivity index (χ2v) is 6.56. The molecule has 0 saturated carbocycles. The molecule has 3 heteroatoms. The van der Waals surface area contributed by atoms with E-state index in [4.69, 9.17) is 0 Å². The Morgan fingerprint density at radius 3 is 2.80 bits per heavy atom. The van der Waals surface area contributed by atoms with Crippen LogP contribution in [0.2, 0.25) is 0 Å². The summed E-state index contributed by atoms with van der Waals surface area (Å²) in [4.78, 5) is 1.34. The smallest absolute Gasteiger partial charge is 0.123 e. The van der Waals surface area contributed by atoms with Crippen LogP contribution in [0.15, 0.2) is 53.4 Å². The molecule has 0 amide bonds. The molecule has 0 bridgehead atoms. The molecule has 2 atom stereocenters. The highest BCUT2D eigenvalue weighted by molar-refractivity contribution is 8.00. The van der Waals surface area contributed by atoms with Crippen molar-refractivity contribution in [1.82, 2.24) is 0 Å². The molecule has 1 heterocycles. The lowest BCUT2D eigenvalue weighted by atomic mass is 9.93. The number of benzene rings is 2. The van der Waals surface area contributed by atoms with Crippen LogP contribution in [0, 0.1) is 5.82 Å². The van der Waals surface area contributed by atoms with E-state index in [2.05, 4.69) is 24.3 Å².